The van der Waals surface area contributed by atoms with Gasteiger partial charge in [0.25, 0.3) is 0 Å². The summed E-state index contributed by atoms with van der Waals surface area (Å²) in [5, 5.41) is 0. The van der Waals surface area contributed by atoms with Gasteiger partial charge in [0.2, 0.25) is 5.88 Å². The van der Waals surface area contributed by atoms with Gasteiger partial charge in [-0.05, 0) is 53.9 Å². The highest BCUT2D eigenvalue weighted by atomic mass is 79.9. The lowest BCUT2D eigenvalue weighted by Gasteiger charge is -2.13. The normalized spacial score (nSPS) is 10.4. The summed E-state index contributed by atoms with van der Waals surface area (Å²) in [6.07, 6.45) is 0. The number of para-hydroxylation sites is 1. The number of hydrogen-bond donors (Lipinski definition) is 1. The standard InChI is InChI=1S/C14H15BrN2O/c1-8-5-4-6-9(2)13(8)18-14-11(15)7-12(16)10(3)17-14/h4-7H,16H2,1-3H3. The lowest BCUT2D eigenvalue weighted by atomic mass is 10.1. The number of nitrogen functional groups attached to an aromatic ring is 1. The number of rotatable bonds is 2. The third kappa shape index (κ3) is 2.48. The molecule has 0 saturated heterocycles. The summed E-state index contributed by atoms with van der Waals surface area (Å²) in [4.78, 5) is 4.36. The molecule has 1 aromatic heterocycles. The van der Waals surface area contributed by atoms with E-state index < -0.39 is 0 Å². The number of anilines is 1. The van der Waals surface area contributed by atoms with Crippen molar-refractivity contribution in [1.82, 2.24) is 4.98 Å². The van der Waals surface area contributed by atoms with Crippen molar-refractivity contribution in [2.45, 2.75) is 20.8 Å². The molecule has 0 spiro atoms. The lowest BCUT2D eigenvalue weighted by Crippen LogP contribution is -1.98. The molecule has 1 heterocycles. The second kappa shape index (κ2) is 4.98. The van der Waals surface area contributed by atoms with Crippen LogP contribution in [0.4, 0.5) is 5.69 Å². The summed E-state index contributed by atoms with van der Waals surface area (Å²) in [5.74, 6) is 1.38. The molecule has 0 unspecified atom stereocenters. The first kappa shape index (κ1) is 12.9. The fourth-order valence-corrected chi connectivity index (χ4v) is 2.12. The van der Waals surface area contributed by atoms with Crippen LogP contribution in [0.25, 0.3) is 0 Å². The minimum atomic E-state index is 0.541. The minimum Gasteiger partial charge on any atom is -0.437 e. The van der Waals surface area contributed by atoms with E-state index in [9.17, 15) is 0 Å². The summed E-state index contributed by atoms with van der Waals surface area (Å²) in [6, 6.07) is 7.85. The number of halogens is 1. The van der Waals surface area contributed by atoms with E-state index in [1.165, 1.54) is 0 Å². The van der Waals surface area contributed by atoms with Crippen LogP contribution in [0.3, 0.4) is 0 Å². The maximum atomic E-state index is 5.89. The summed E-state index contributed by atoms with van der Waals surface area (Å²) in [6.45, 7) is 5.89. The Bertz CT molecular complexity index is 576. The van der Waals surface area contributed by atoms with Gasteiger partial charge in [-0.1, -0.05) is 18.2 Å². The Balaban J connectivity index is 2.43. The zero-order valence-corrected chi connectivity index (χ0v) is 12.2. The van der Waals surface area contributed by atoms with Gasteiger partial charge in [-0.25, -0.2) is 4.98 Å². The number of aromatic nitrogens is 1. The monoisotopic (exact) mass is 306 g/mol. The molecule has 0 amide bonds. The maximum Gasteiger partial charge on any atom is 0.234 e. The highest BCUT2D eigenvalue weighted by Crippen LogP contribution is 2.33. The smallest absolute Gasteiger partial charge is 0.234 e. The zero-order valence-electron chi connectivity index (χ0n) is 10.6. The van der Waals surface area contributed by atoms with Gasteiger partial charge in [0.05, 0.1) is 15.9 Å². The number of benzene rings is 1. The van der Waals surface area contributed by atoms with Crippen molar-refractivity contribution in [2.75, 3.05) is 5.73 Å². The second-order valence-corrected chi connectivity index (χ2v) is 5.13. The summed E-state index contributed by atoms with van der Waals surface area (Å²) in [5.41, 5.74) is 9.37. The third-order valence-corrected chi connectivity index (χ3v) is 3.35. The molecule has 2 rings (SSSR count). The lowest BCUT2D eigenvalue weighted by molar-refractivity contribution is 0.452. The Kier molecular flexibility index (Phi) is 3.57. The van der Waals surface area contributed by atoms with Crippen LogP contribution in [-0.4, -0.2) is 4.98 Å². The van der Waals surface area contributed by atoms with E-state index in [-0.39, 0.29) is 0 Å². The van der Waals surface area contributed by atoms with Crippen molar-refractivity contribution < 1.29 is 4.74 Å². The van der Waals surface area contributed by atoms with E-state index in [1.807, 2.05) is 45.0 Å². The van der Waals surface area contributed by atoms with Gasteiger partial charge in [0.1, 0.15) is 5.75 Å². The van der Waals surface area contributed by atoms with Crippen LogP contribution < -0.4 is 10.5 Å². The van der Waals surface area contributed by atoms with Gasteiger partial charge in [0, 0.05) is 0 Å². The average molecular weight is 307 g/mol. The van der Waals surface area contributed by atoms with Crippen LogP contribution in [0.2, 0.25) is 0 Å². The molecule has 4 heteroatoms. The van der Waals surface area contributed by atoms with E-state index in [2.05, 4.69) is 20.9 Å². The van der Waals surface area contributed by atoms with Gasteiger partial charge < -0.3 is 10.5 Å². The molecular formula is C14H15BrN2O. The Morgan fingerprint density at radius 1 is 1.17 bits per heavy atom. The van der Waals surface area contributed by atoms with Gasteiger partial charge >= 0.3 is 0 Å². The van der Waals surface area contributed by atoms with Crippen molar-refractivity contribution in [3.05, 3.63) is 45.6 Å². The van der Waals surface area contributed by atoms with Crippen LogP contribution >= 0.6 is 15.9 Å². The number of ether oxygens (including phenoxy) is 1. The molecule has 94 valence electrons. The van der Waals surface area contributed by atoms with Gasteiger partial charge in [-0.15, -0.1) is 0 Å². The first-order chi connectivity index (χ1) is 8.49. The number of hydrogen-bond acceptors (Lipinski definition) is 3. The maximum absolute atomic E-state index is 5.89. The molecule has 0 aliphatic rings. The third-order valence-electron chi connectivity index (χ3n) is 2.78. The molecule has 3 nitrogen and oxygen atoms in total. The number of aryl methyl sites for hydroxylation is 3. The van der Waals surface area contributed by atoms with Gasteiger partial charge in [0.15, 0.2) is 0 Å². The van der Waals surface area contributed by atoms with Crippen molar-refractivity contribution in [1.29, 1.82) is 0 Å². The first-order valence-corrected chi connectivity index (χ1v) is 6.45. The van der Waals surface area contributed by atoms with Gasteiger partial charge in [-0.2, -0.15) is 0 Å². The fourth-order valence-electron chi connectivity index (χ4n) is 1.70. The molecule has 0 atom stereocenters. The van der Waals surface area contributed by atoms with Crippen molar-refractivity contribution in [3.8, 4) is 11.6 Å². The fraction of sp³-hybridized carbons (Fsp3) is 0.214. The Labute approximate surface area is 115 Å². The van der Waals surface area contributed by atoms with Crippen LogP contribution in [0.1, 0.15) is 16.8 Å². The Morgan fingerprint density at radius 3 is 2.39 bits per heavy atom. The highest BCUT2D eigenvalue weighted by Gasteiger charge is 2.11. The van der Waals surface area contributed by atoms with Crippen molar-refractivity contribution in [2.24, 2.45) is 0 Å². The zero-order chi connectivity index (χ0) is 13.3. The SMILES string of the molecule is Cc1cccc(C)c1Oc1nc(C)c(N)cc1Br. The summed E-state index contributed by atoms with van der Waals surface area (Å²) < 4.78 is 6.65. The molecule has 0 aliphatic carbocycles. The molecule has 0 fully saturated rings. The molecule has 0 bridgehead atoms. The first-order valence-electron chi connectivity index (χ1n) is 5.65. The quantitative estimate of drug-likeness (QED) is 0.907. The van der Waals surface area contributed by atoms with E-state index in [0.29, 0.717) is 11.6 Å². The molecular weight excluding hydrogens is 292 g/mol. The largest absolute Gasteiger partial charge is 0.437 e. The average Bonchev–Trinajstić information content (AvgIpc) is 2.30. The molecule has 2 aromatic rings. The number of nitrogens with two attached hydrogens (primary N) is 1. The van der Waals surface area contributed by atoms with E-state index in [1.54, 1.807) is 0 Å². The van der Waals surface area contributed by atoms with Crippen molar-refractivity contribution in [3.63, 3.8) is 0 Å². The number of pyridine rings is 1. The van der Waals surface area contributed by atoms with E-state index in [0.717, 1.165) is 27.0 Å². The van der Waals surface area contributed by atoms with Crippen molar-refractivity contribution >= 4 is 21.6 Å². The molecule has 1 aromatic carbocycles. The Morgan fingerprint density at radius 2 is 1.78 bits per heavy atom. The van der Waals surface area contributed by atoms with Crippen LogP contribution in [0, 0.1) is 20.8 Å². The predicted molar refractivity (Wildman–Crippen MR) is 77.1 cm³/mol. The van der Waals surface area contributed by atoms with Crippen LogP contribution in [0.5, 0.6) is 11.6 Å². The molecule has 2 N–H and O–H groups in total. The van der Waals surface area contributed by atoms with E-state index >= 15 is 0 Å². The molecule has 0 saturated carbocycles. The Hall–Kier alpha value is -1.55. The second-order valence-electron chi connectivity index (χ2n) is 4.27. The van der Waals surface area contributed by atoms with Crippen LogP contribution in [-0.2, 0) is 0 Å². The molecule has 18 heavy (non-hydrogen) atoms. The molecule has 0 radical (unpaired) electrons. The minimum absolute atomic E-state index is 0.541. The van der Waals surface area contributed by atoms with Crippen LogP contribution in [0.15, 0.2) is 28.7 Å². The molecule has 0 aliphatic heterocycles. The predicted octanol–water partition coefficient (Wildman–Crippen LogP) is 4.14. The van der Waals surface area contributed by atoms with Gasteiger partial charge in [-0.3, -0.25) is 0 Å². The number of nitrogens with zero attached hydrogens (tertiary/aromatic N) is 1. The topological polar surface area (TPSA) is 48.1 Å². The summed E-state index contributed by atoms with van der Waals surface area (Å²) >= 11 is 3.42. The summed E-state index contributed by atoms with van der Waals surface area (Å²) in [7, 11) is 0. The highest BCUT2D eigenvalue weighted by molar-refractivity contribution is 9.10. The van der Waals surface area contributed by atoms with E-state index in [4.69, 9.17) is 10.5 Å².